The van der Waals surface area contributed by atoms with Gasteiger partial charge in [0, 0.05) is 25.6 Å². The van der Waals surface area contributed by atoms with Gasteiger partial charge in [0.15, 0.2) is 0 Å². The van der Waals surface area contributed by atoms with Crippen molar-refractivity contribution in [2.75, 3.05) is 20.3 Å². The molecule has 1 saturated heterocycles. The third kappa shape index (κ3) is 2.93. The first-order valence-corrected chi connectivity index (χ1v) is 7.41. The molecular weight excluding hydrogens is 282 g/mol. The second-order valence-corrected chi connectivity index (χ2v) is 5.86. The van der Waals surface area contributed by atoms with E-state index in [1.54, 1.807) is 17.5 Å². The van der Waals surface area contributed by atoms with E-state index in [9.17, 15) is 4.79 Å². The molecule has 0 unspecified atom stereocenters. The van der Waals surface area contributed by atoms with Gasteiger partial charge in [-0.3, -0.25) is 4.79 Å². The lowest BCUT2D eigenvalue weighted by Gasteiger charge is -2.37. The minimum atomic E-state index is -0.752. The van der Waals surface area contributed by atoms with Crippen molar-refractivity contribution in [2.45, 2.75) is 19.4 Å². The van der Waals surface area contributed by atoms with Crippen LogP contribution in [0.2, 0.25) is 0 Å². The van der Waals surface area contributed by atoms with E-state index in [-0.39, 0.29) is 10.9 Å². The summed E-state index contributed by atoms with van der Waals surface area (Å²) < 4.78 is 5.31. The molecule has 2 heterocycles. The predicted octanol–water partition coefficient (Wildman–Crippen LogP) is 1.18. The Kier molecular flexibility index (Phi) is 4.49. The van der Waals surface area contributed by atoms with E-state index >= 15 is 0 Å². The minimum Gasteiger partial charge on any atom is -0.392 e. The molecule has 1 fully saturated rings. The molecule has 1 aromatic heterocycles. The third-order valence-electron chi connectivity index (χ3n) is 3.46. The highest BCUT2D eigenvalue weighted by Gasteiger charge is 2.44. The van der Waals surface area contributed by atoms with Gasteiger partial charge in [-0.1, -0.05) is 12.2 Å². The molecule has 2 rings (SSSR count). The molecule has 19 heavy (non-hydrogen) atoms. The molecule has 0 aliphatic carbocycles. The summed E-state index contributed by atoms with van der Waals surface area (Å²) in [5, 5.41) is 1.93. The largest absolute Gasteiger partial charge is 0.392 e. The number of nitrogens with zero attached hydrogens (tertiary/aromatic N) is 2. The first-order chi connectivity index (χ1) is 9.06. The van der Waals surface area contributed by atoms with Crippen molar-refractivity contribution in [3.8, 4) is 0 Å². The third-order valence-corrected chi connectivity index (χ3v) is 4.48. The molecule has 0 radical (unpaired) electrons. The van der Waals surface area contributed by atoms with E-state index in [4.69, 9.17) is 22.7 Å². The second-order valence-electron chi connectivity index (χ2n) is 4.70. The van der Waals surface area contributed by atoms with Gasteiger partial charge in [-0.25, -0.2) is 4.98 Å². The summed E-state index contributed by atoms with van der Waals surface area (Å²) in [4.78, 5) is 18.8. The van der Waals surface area contributed by atoms with Gasteiger partial charge < -0.3 is 15.4 Å². The van der Waals surface area contributed by atoms with Gasteiger partial charge in [-0.05, 0) is 12.8 Å². The molecule has 1 aromatic rings. The molecule has 1 amide bonds. The van der Waals surface area contributed by atoms with E-state index in [2.05, 4.69) is 4.98 Å². The Balaban J connectivity index is 2.13. The molecule has 5 nitrogen and oxygen atoms in total. The lowest BCUT2D eigenvalue weighted by Crippen LogP contribution is -2.52. The fourth-order valence-corrected chi connectivity index (χ4v) is 3.12. The van der Waals surface area contributed by atoms with Crippen molar-refractivity contribution in [1.82, 2.24) is 9.88 Å². The van der Waals surface area contributed by atoms with Crippen LogP contribution in [0.3, 0.4) is 0 Å². The lowest BCUT2D eigenvalue weighted by molar-refractivity contribution is -0.141. The van der Waals surface area contributed by atoms with Gasteiger partial charge in [0.25, 0.3) is 0 Å². The molecule has 0 aromatic carbocycles. The van der Waals surface area contributed by atoms with Crippen LogP contribution in [0, 0.1) is 5.41 Å². The number of carbonyl (C=O) groups is 1. The number of thiocarbonyl (C=S) groups is 1. The monoisotopic (exact) mass is 299 g/mol. The fourth-order valence-electron chi connectivity index (χ4n) is 2.28. The number of aromatic nitrogens is 1. The number of rotatable bonds is 4. The Hall–Kier alpha value is -1.05. The van der Waals surface area contributed by atoms with Crippen LogP contribution < -0.4 is 5.73 Å². The van der Waals surface area contributed by atoms with E-state index < -0.39 is 5.41 Å². The Morgan fingerprint density at radius 2 is 2.32 bits per heavy atom. The predicted molar refractivity (Wildman–Crippen MR) is 77.9 cm³/mol. The van der Waals surface area contributed by atoms with Crippen molar-refractivity contribution in [3.63, 3.8) is 0 Å². The first-order valence-electron chi connectivity index (χ1n) is 6.06. The average Bonchev–Trinajstić information content (AvgIpc) is 2.91. The van der Waals surface area contributed by atoms with Crippen molar-refractivity contribution in [3.05, 3.63) is 16.6 Å². The van der Waals surface area contributed by atoms with Gasteiger partial charge in [-0.15, -0.1) is 11.3 Å². The summed E-state index contributed by atoms with van der Waals surface area (Å²) in [6.45, 7) is 1.52. The maximum atomic E-state index is 12.7. The summed E-state index contributed by atoms with van der Waals surface area (Å²) in [6, 6.07) is 0. The molecule has 0 bridgehead atoms. The first kappa shape index (κ1) is 14.4. The number of nitrogens with two attached hydrogens (primary N) is 1. The van der Waals surface area contributed by atoms with E-state index in [0.29, 0.717) is 32.6 Å². The highest BCUT2D eigenvalue weighted by molar-refractivity contribution is 7.80. The van der Waals surface area contributed by atoms with Crippen LogP contribution in [-0.4, -0.2) is 41.0 Å². The molecule has 0 spiro atoms. The quantitative estimate of drug-likeness (QED) is 0.846. The number of ether oxygens (including phenoxy) is 1. The summed E-state index contributed by atoms with van der Waals surface area (Å²) in [7, 11) is 1.76. The summed E-state index contributed by atoms with van der Waals surface area (Å²) >= 11 is 6.65. The van der Waals surface area contributed by atoms with Crippen LogP contribution in [-0.2, 0) is 16.1 Å². The van der Waals surface area contributed by atoms with Crippen molar-refractivity contribution >= 4 is 34.5 Å². The van der Waals surface area contributed by atoms with E-state index in [1.165, 1.54) is 11.3 Å². The lowest BCUT2D eigenvalue weighted by atomic mass is 9.78. The van der Waals surface area contributed by atoms with Crippen LogP contribution in [0.25, 0.3) is 0 Å². The van der Waals surface area contributed by atoms with Gasteiger partial charge in [0.05, 0.1) is 22.7 Å². The molecule has 0 saturated carbocycles. The van der Waals surface area contributed by atoms with E-state index in [0.717, 1.165) is 5.69 Å². The Labute approximate surface area is 121 Å². The minimum absolute atomic E-state index is 0.0312. The normalized spacial score (nSPS) is 17.9. The Morgan fingerprint density at radius 3 is 2.84 bits per heavy atom. The smallest absolute Gasteiger partial charge is 0.235 e. The molecule has 104 valence electrons. The zero-order chi connectivity index (χ0) is 13.9. The van der Waals surface area contributed by atoms with Crippen LogP contribution in [0.4, 0.5) is 0 Å². The van der Waals surface area contributed by atoms with Crippen LogP contribution in [0.15, 0.2) is 10.9 Å². The zero-order valence-electron chi connectivity index (χ0n) is 10.8. The summed E-state index contributed by atoms with van der Waals surface area (Å²) in [5.74, 6) is -0.0312. The second kappa shape index (κ2) is 5.94. The molecular formula is C12H17N3O2S2. The Morgan fingerprint density at radius 1 is 1.63 bits per heavy atom. The van der Waals surface area contributed by atoms with E-state index in [1.807, 2.05) is 5.38 Å². The number of thiazole rings is 1. The van der Waals surface area contributed by atoms with Gasteiger partial charge >= 0.3 is 0 Å². The number of hydrogen-bond acceptors (Lipinski definition) is 5. The SMILES string of the molecule is CN(Cc1cscn1)C(=O)C1(C(N)=S)CCOCC1. The maximum absolute atomic E-state index is 12.7. The molecule has 2 N–H and O–H groups in total. The number of hydrogen-bond donors (Lipinski definition) is 1. The van der Waals surface area contributed by atoms with Crippen molar-refractivity contribution in [2.24, 2.45) is 11.1 Å². The summed E-state index contributed by atoms with van der Waals surface area (Å²) in [6.07, 6.45) is 1.12. The molecule has 7 heteroatoms. The molecule has 0 atom stereocenters. The van der Waals surface area contributed by atoms with Crippen molar-refractivity contribution < 1.29 is 9.53 Å². The maximum Gasteiger partial charge on any atom is 0.235 e. The zero-order valence-corrected chi connectivity index (χ0v) is 12.4. The average molecular weight is 299 g/mol. The molecule has 1 aliphatic rings. The van der Waals surface area contributed by atoms with Gasteiger partial charge in [0.1, 0.15) is 5.41 Å². The highest BCUT2D eigenvalue weighted by Crippen LogP contribution is 2.33. The topological polar surface area (TPSA) is 68.5 Å². The summed E-state index contributed by atoms with van der Waals surface area (Å²) in [5.41, 5.74) is 7.71. The fraction of sp³-hybridized carbons (Fsp3) is 0.583. The number of carbonyl (C=O) groups excluding carboxylic acids is 1. The van der Waals surface area contributed by atoms with Crippen LogP contribution >= 0.6 is 23.6 Å². The van der Waals surface area contributed by atoms with Gasteiger partial charge in [0.2, 0.25) is 5.91 Å². The van der Waals surface area contributed by atoms with Crippen LogP contribution in [0.5, 0.6) is 0 Å². The van der Waals surface area contributed by atoms with Crippen molar-refractivity contribution in [1.29, 1.82) is 0 Å². The van der Waals surface area contributed by atoms with Crippen LogP contribution in [0.1, 0.15) is 18.5 Å². The number of amides is 1. The highest BCUT2D eigenvalue weighted by atomic mass is 32.1. The standard InChI is InChI=1S/C12H17N3O2S2/c1-15(6-9-7-19-8-14-9)11(16)12(10(13)18)2-4-17-5-3-12/h7-8H,2-6H2,1H3,(H2,13,18). The molecule has 1 aliphatic heterocycles. The van der Waals surface area contributed by atoms with Gasteiger partial charge in [-0.2, -0.15) is 0 Å². The Bertz CT molecular complexity index is 456.